The lowest BCUT2D eigenvalue weighted by Crippen LogP contribution is -2.36. The van der Waals surface area contributed by atoms with E-state index in [1.165, 1.54) is 14.2 Å². The predicted octanol–water partition coefficient (Wildman–Crippen LogP) is 2.37. The number of hydrogen-bond acceptors (Lipinski definition) is 6. The van der Waals surface area contributed by atoms with Gasteiger partial charge in [0.1, 0.15) is 6.10 Å². The van der Waals surface area contributed by atoms with Crippen molar-refractivity contribution in [3.8, 4) is 0 Å². The van der Waals surface area contributed by atoms with Gasteiger partial charge >= 0.3 is 17.9 Å². The Morgan fingerprint density at radius 2 is 1.56 bits per heavy atom. The van der Waals surface area contributed by atoms with Crippen LogP contribution in [0.2, 0.25) is 0 Å². The molecule has 6 heteroatoms. The monoisotopic (exact) mass is 344 g/mol. The summed E-state index contributed by atoms with van der Waals surface area (Å²) in [5.74, 6) is -2.62. The molecule has 0 amide bonds. The maximum Gasteiger partial charge on any atom is 0.339 e. The number of cyclic esters (lactones) is 1. The summed E-state index contributed by atoms with van der Waals surface area (Å²) in [6, 6.07) is 7.16. The zero-order chi connectivity index (χ0) is 18.1. The summed E-state index contributed by atoms with van der Waals surface area (Å²) in [4.78, 5) is 36.8. The Bertz CT molecular complexity index is 763. The normalized spacial score (nSPS) is 25.2. The Kier molecular flexibility index (Phi) is 4.61. The number of ether oxygens (including phenoxy) is 3. The van der Waals surface area contributed by atoms with Crippen molar-refractivity contribution in [2.75, 3.05) is 14.2 Å². The van der Waals surface area contributed by atoms with Gasteiger partial charge in [0.25, 0.3) is 0 Å². The molecule has 132 valence electrons. The fourth-order valence-electron chi connectivity index (χ4n) is 3.71. The molecular formula is C19H20O6. The number of fused-ring (bicyclic) bond motifs is 2. The Labute approximate surface area is 145 Å². The summed E-state index contributed by atoms with van der Waals surface area (Å²) in [5, 5.41) is 0. The maximum atomic E-state index is 12.4. The van der Waals surface area contributed by atoms with E-state index >= 15 is 0 Å². The molecule has 1 aliphatic heterocycles. The van der Waals surface area contributed by atoms with Gasteiger partial charge in [0, 0.05) is 0 Å². The quantitative estimate of drug-likeness (QED) is 0.605. The topological polar surface area (TPSA) is 78.9 Å². The number of benzene rings is 1. The van der Waals surface area contributed by atoms with E-state index in [1.807, 2.05) is 12.1 Å². The lowest BCUT2D eigenvalue weighted by atomic mass is 9.72. The van der Waals surface area contributed by atoms with Crippen LogP contribution in [0, 0.1) is 11.8 Å². The fourth-order valence-corrected chi connectivity index (χ4v) is 3.71. The molecule has 3 rings (SSSR count). The Morgan fingerprint density at radius 1 is 1.00 bits per heavy atom. The minimum Gasteiger partial charge on any atom is -0.469 e. The molecule has 1 aromatic carbocycles. The predicted molar refractivity (Wildman–Crippen MR) is 88.5 cm³/mol. The molecule has 0 saturated heterocycles. The molecule has 0 saturated carbocycles. The van der Waals surface area contributed by atoms with E-state index in [-0.39, 0.29) is 0 Å². The third-order valence-electron chi connectivity index (χ3n) is 4.99. The highest BCUT2D eigenvalue weighted by Crippen LogP contribution is 2.44. The molecule has 1 heterocycles. The number of allylic oxidation sites excluding steroid dienone is 1. The largest absolute Gasteiger partial charge is 0.469 e. The van der Waals surface area contributed by atoms with Crippen molar-refractivity contribution in [3.05, 3.63) is 41.0 Å². The van der Waals surface area contributed by atoms with Gasteiger partial charge in [-0.05, 0) is 42.5 Å². The van der Waals surface area contributed by atoms with Crippen molar-refractivity contribution in [1.82, 2.24) is 0 Å². The summed E-state index contributed by atoms with van der Waals surface area (Å²) in [6.45, 7) is 1.78. The van der Waals surface area contributed by atoms with Gasteiger partial charge in [-0.3, -0.25) is 9.59 Å². The van der Waals surface area contributed by atoms with Gasteiger partial charge in [0.15, 0.2) is 0 Å². The summed E-state index contributed by atoms with van der Waals surface area (Å²) in [6.07, 6.45) is 0.130. The van der Waals surface area contributed by atoms with Gasteiger partial charge in [0.05, 0.1) is 31.6 Å². The number of carbonyl (C=O) groups is 3. The maximum absolute atomic E-state index is 12.4. The Balaban J connectivity index is 2.13. The first-order valence-corrected chi connectivity index (χ1v) is 8.15. The van der Waals surface area contributed by atoms with Crippen LogP contribution in [0.5, 0.6) is 0 Å². The Hall–Kier alpha value is -2.63. The minimum atomic E-state index is -0.650. The van der Waals surface area contributed by atoms with Crippen LogP contribution in [0.15, 0.2) is 29.8 Å². The van der Waals surface area contributed by atoms with E-state index in [9.17, 15) is 14.4 Å². The average molecular weight is 344 g/mol. The lowest BCUT2D eigenvalue weighted by Gasteiger charge is -2.32. The van der Waals surface area contributed by atoms with Crippen molar-refractivity contribution in [2.45, 2.75) is 25.9 Å². The first-order chi connectivity index (χ1) is 12.0. The number of rotatable bonds is 2. The summed E-state index contributed by atoms with van der Waals surface area (Å²) in [5.41, 5.74) is 2.96. The van der Waals surface area contributed by atoms with Crippen molar-refractivity contribution >= 4 is 23.5 Å². The van der Waals surface area contributed by atoms with Crippen LogP contribution >= 0.6 is 0 Å². The van der Waals surface area contributed by atoms with Crippen LogP contribution in [0.1, 0.15) is 35.7 Å². The highest BCUT2D eigenvalue weighted by Gasteiger charge is 2.43. The summed E-state index contributed by atoms with van der Waals surface area (Å²) >= 11 is 0. The molecule has 3 atom stereocenters. The summed E-state index contributed by atoms with van der Waals surface area (Å²) in [7, 11) is 2.60. The number of methoxy groups -OCH3 is 2. The molecular weight excluding hydrogens is 324 g/mol. The SMILES string of the molecule is COC(=O)[C@H]1CC2=C(C[C@@H]1C(=O)OC)C(C)OC(=O)c1ccccc12. The first-order valence-electron chi connectivity index (χ1n) is 8.15. The summed E-state index contributed by atoms with van der Waals surface area (Å²) < 4.78 is 15.3. The van der Waals surface area contributed by atoms with E-state index in [0.29, 0.717) is 18.4 Å². The molecule has 0 N–H and O–H groups in total. The van der Waals surface area contributed by atoms with Crippen molar-refractivity contribution in [2.24, 2.45) is 11.8 Å². The third kappa shape index (κ3) is 2.92. The van der Waals surface area contributed by atoms with Crippen LogP contribution in [0.25, 0.3) is 5.57 Å². The molecule has 25 heavy (non-hydrogen) atoms. The number of hydrogen-bond donors (Lipinski definition) is 0. The average Bonchev–Trinajstić information content (AvgIpc) is 2.74. The highest BCUT2D eigenvalue weighted by molar-refractivity contribution is 5.98. The molecule has 1 aliphatic carbocycles. The second-order valence-corrected chi connectivity index (χ2v) is 6.26. The van der Waals surface area contributed by atoms with Crippen LogP contribution in [0.3, 0.4) is 0 Å². The van der Waals surface area contributed by atoms with Gasteiger partial charge < -0.3 is 14.2 Å². The third-order valence-corrected chi connectivity index (χ3v) is 4.99. The van der Waals surface area contributed by atoms with Gasteiger partial charge in [-0.25, -0.2) is 4.79 Å². The molecule has 0 spiro atoms. The molecule has 0 bridgehead atoms. The molecule has 0 aromatic heterocycles. The van der Waals surface area contributed by atoms with Gasteiger partial charge in [-0.15, -0.1) is 0 Å². The molecule has 6 nitrogen and oxygen atoms in total. The minimum absolute atomic E-state index is 0.296. The van der Waals surface area contributed by atoms with E-state index < -0.39 is 35.8 Å². The lowest BCUT2D eigenvalue weighted by molar-refractivity contribution is -0.157. The van der Waals surface area contributed by atoms with Gasteiger partial charge in [-0.2, -0.15) is 0 Å². The molecule has 1 aromatic rings. The van der Waals surface area contributed by atoms with E-state index in [4.69, 9.17) is 14.2 Å². The second kappa shape index (κ2) is 6.70. The molecule has 0 radical (unpaired) electrons. The standard InChI is InChI=1S/C19H20O6/c1-10-13-8-15(17(20)23-2)16(18(21)24-3)9-14(13)11-6-4-5-7-12(11)19(22)25-10/h4-7,10,15-16H,8-9H2,1-3H3/t10?,15-,16-/m0/s1. The fraction of sp³-hybridized carbons (Fsp3) is 0.421. The van der Waals surface area contributed by atoms with Crippen molar-refractivity contribution < 1.29 is 28.6 Å². The number of esters is 3. The van der Waals surface area contributed by atoms with Crippen LogP contribution in [-0.4, -0.2) is 38.2 Å². The van der Waals surface area contributed by atoms with Gasteiger partial charge in [-0.1, -0.05) is 18.2 Å². The van der Waals surface area contributed by atoms with Crippen LogP contribution < -0.4 is 0 Å². The van der Waals surface area contributed by atoms with E-state index in [1.54, 1.807) is 19.1 Å². The van der Waals surface area contributed by atoms with Gasteiger partial charge in [0.2, 0.25) is 0 Å². The van der Waals surface area contributed by atoms with Crippen LogP contribution in [0.4, 0.5) is 0 Å². The molecule has 0 fully saturated rings. The van der Waals surface area contributed by atoms with Crippen molar-refractivity contribution in [1.29, 1.82) is 0 Å². The molecule has 2 aliphatic rings. The number of carbonyl (C=O) groups excluding carboxylic acids is 3. The Morgan fingerprint density at radius 3 is 2.16 bits per heavy atom. The van der Waals surface area contributed by atoms with E-state index in [2.05, 4.69) is 0 Å². The van der Waals surface area contributed by atoms with E-state index in [0.717, 1.165) is 16.7 Å². The second-order valence-electron chi connectivity index (χ2n) is 6.26. The van der Waals surface area contributed by atoms with Crippen LogP contribution in [-0.2, 0) is 23.8 Å². The molecule has 1 unspecified atom stereocenters. The highest BCUT2D eigenvalue weighted by atomic mass is 16.5. The first kappa shape index (κ1) is 17.2. The smallest absolute Gasteiger partial charge is 0.339 e. The van der Waals surface area contributed by atoms with Crippen molar-refractivity contribution in [3.63, 3.8) is 0 Å². The zero-order valence-electron chi connectivity index (χ0n) is 14.4. The zero-order valence-corrected chi connectivity index (χ0v) is 14.4.